The van der Waals surface area contributed by atoms with Crippen molar-refractivity contribution < 1.29 is 14.0 Å². The maximum absolute atomic E-state index is 12.1. The zero-order chi connectivity index (χ0) is 17.6. The minimum atomic E-state index is -0.283. The number of nitrogens with zero attached hydrogens (tertiary/aromatic N) is 2. The Labute approximate surface area is 148 Å². The van der Waals surface area contributed by atoms with Gasteiger partial charge in [-0.2, -0.15) is 0 Å². The molecule has 0 aliphatic rings. The molecule has 0 saturated heterocycles. The third kappa shape index (κ3) is 4.51. The van der Waals surface area contributed by atoms with Crippen LogP contribution in [0.25, 0.3) is 0 Å². The summed E-state index contributed by atoms with van der Waals surface area (Å²) in [7, 11) is 0. The Bertz CT molecular complexity index is 873. The van der Waals surface area contributed by atoms with Crippen molar-refractivity contribution in [3.63, 3.8) is 0 Å². The molecule has 128 valence electrons. The number of pyridine rings is 1. The third-order valence-electron chi connectivity index (χ3n) is 3.46. The van der Waals surface area contributed by atoms with E-state index in [9.17, 15) is 9.59 Å². The van der Waals surface area contributed by atoms with E-state index in [0.29, 0.717) is 28.7 Å². The first-order valence-electron chi connectivity index (χ1n) is 7.57. The van der Waals surface area contributed by atoms with Crippen LogP contribution in [0.4, 0.5) is 5.13 Å². The van der Waals surface area contributed by atoms with Gasteiger partial charge < -0.3 is 9.73 Å². The van der Waals surface area contributed by atoms with Gasteiger partial charge in [-0.3, -0.25) is 19.9 Å². The molecule has 0 fully saturated rings. The van der Waals surface area contributed by atoms with Crippen molar-refractivity contribution >= 4 is 28.3 Å². The van der Waals surface area contributed by atoms with Gasteiger partial charge in [0.05, 0.1) is 23.9 Å². The van der Waals surface area contributed by atoms with Crippen LogP contribution < -0.4 is 10.6 Å². The molecule has 0 atom stereocenters. The van der Waals surface area contributed by atoms with E-state index in [4.69, 9.17) is 4.42 Å². The molecule has 3 aromatic heterocycles. The Morgan fingerprint density at radius 1 is 1.24 bits per heavy atom. The number of amides is 2. The molecule has 25 heavy (non-hydrogen) atoms. The molecule has 0 bridgehead atoms. The number of aryl methyl sites for hydroxylation is 1. The van der Waals surface area contributed by atoms with Gasteiger partial charge in [-0.05, 0) is 30.7 Å². The second-order valence-corrected chi connectivity index (χ2v) is 6.16. The number of carbonyl (C=O) groups is 2. The number of furan rings is 1. The fraction of sp³-hybridized carbons (Fsp3) is 0.176. The Kier molecular flexibility index (Phi) is 5.20. The molecule has 0 radical (unpaired) electrons. The van der Waals surface area contributed by atoms with Gasteiger partial charge in [-0.1, -0.05) is 0 Å². The number of hydrogen-bond acceptors (Lipinski definition) is 6. The molecule has 3 rings (SSSR count). The highest BCUT2D eigenvalue weighted by Crippen LogP contribution is 2.18. The van der Waals surface area contributed by atoms with Gasteiger partial charge in [0.15, 0.2) is 5.13 Å². The molecule has 0 aliphatic heterocycles. The summed E-state index contributed by atoms with van der Waals surface area (Å²) < 4.78 is 5.11. The number of aromatic nitrogens is 2. The van der Waals surface area contributed by atoms with Crippen LogP contribution in [0.2, 0.25) is 0 Å². The molecule has 0 unspecified atom stereocenters. The summed E-state index contributed by atoms with van der Waals surface area (Å²) in [5.74, 6) is 0.129. The van der Waals surface area contributed by atoms with E-state index < -0.39 is 0 Å². The van der Waals surface area contributed by atoms with Crippen molar-refractivity contribution in [2.24, 2.45) is 0 Å². The van der Waals surface area contributed by atoms with Crippen LogP contribution in [0, 0.1) is 6.92 Å². The lowest BCUT2D eigenvalue weighted by atomic mass is 10.2. The second-order valence-electron chi connectivity index (χ2n) is 5.30. The monoisotopic (exact) mass is 356 g/mol. The molecule has 0 aliphatic carbocycles. The van der Waals surface area contributed by atoms with Gasteiger partial charge in [-0.15, -0.1) is 11.3 Å². The molecule has 2 N–H and O–H groups in total. The van der Waals surface area contributed by atoms with Crippen LogP contribution in [0.5, 0.6) is 0 Å². The van der Waals surface area contributed by atoms with Crippen LogP contribution in [-0.2, 0) is 17.8 Å². The Morgan fingerprint density at radius 3 is 2.76 bits per heavy atom. The van der Waals surface area contributed by atoms with Crippen molar-refractivity contribution in [3.05, 3.63) is 64.8 Å². The molecular formula is C17H16N4O3S. The first-order chi connectivity index (χ1) is 12.1. The molecular weight excluding hydrogens is 340 g/mol. The standard InChI is InChI=1S/C17H16N4O3S/c1-11-14(4-7-24-11)16(23)21-17-20-13(10-25-17)8-15(22)19-9-12-2-5-18-6-3-12/h2-7,10H,8-9H2,1H3,(H,19,22)(H,20,21,23). The summed E-state index contributed by atoms with van der Waals surface area (Å²) in [5.41, 5.74) is 2.05. The number of carbonyl (C=O) groups excluding carboxylic acids is 2. The Hall–Kier alpha value is -3.00. The predicted octanol–water partition coefficient (Wildman–Crippen LogP) is 2.55. The fourth-order valence-corrected chi connectivity index (χ4v) is 2.86. The van der Waals surface area contributed by atoms with Gasteiger partial charge in [0, 0.05) is 24.3 Å². The van der Waals surface area contributed by atoms with E-state index in [0.717, 1.165) is 5.56 Å². The number of hydrogen-bond donors (Lipinski definition) is 2. The second kappa shape index (κ2) is 7.71. The lowest BCUT2D eigenvalue weighted by Crippen LogP contribution is -2.24. The first-order valence-corrected chi connectivity index (χ1v) is 8.45. The maximum atomic E-state index is 12.1. The number of anilines is 1. The Morgan fingerprint density at radius 2 is 2.04 bits per heavy atom. The number of rotatable bonds is 6. The average Bonchev–Trinajstić information content (AvgIpc) is 3.23. The number of thiazole rings is 1. The van der Waals surface area contributed by atoms with Crippen LogP contribution in [-0.4, -0.2) is 21.8 Å². The van der Waals surface area contributed by atoms with Gasteiger partial charge in [0.1, 0.15) is 5.76 Å². The molecule has 0 spiro atoms. The van der Waals surface area contributed by atoms with Crippen molar-refractivity contribution in [2.45, 2.75) is 19.9 Å². The fourth-order valence-electron chi connectivity index (χ4n) is 2.16. The van der Waals surface area contributed by atoms with Crippen molar-refractivity contribution in [3.8, 4) is 0 Å². The molecule has 0 saturated carbocycles. The summed E-state index contributed by atoms with van der Waals surface area (Å²) >= 11 is 1.28. The zero-order valence-electron chi connectivity index (χ0n) is 13.5. The van der Waals surface area contributed by atoms with E-state index >= 15 is 0 Å². The van der Waals surface area contributed by atoms with E-state index in [1.807, 2.05) is 12.1 Å². The predicted molar refractivity (Wildman–Crippen MR) is 93.3 cm³/mol. The van der Waals surface area contributed by atoms with Gasteiger partial charge in [0.25, 0.3) is 5.91 Å². The van der Waals surface area contributed by atoms with Gasteiger partial charge >= 0.3 is 0 Å². The lowest BCUT2D eigenvalue weighted by molar-refractivity contribution is -0.120. The summed E-state index contributed by atoms with van der Waals surface area (Å²) in [6, 6.07) is 5.29. The number of nitrogens with one attached hydrogen (secondary N) is 2. The minimum absolute atomic E-state index is 0.134. The van der Waals surface area contributed by atoms with E-state index in [1.54, 1.807) is 30.8 Å². The van der Waals surface area contributed by atoms with Crippen molar-refractivity contribution in [2.75, 3.05) is 5.32 Å². The summed E-state index contributed by atoms with van der Waals surface area (Å²) in [6.45, 7) is 2.16. The topological polar surface area (TPSA) is 97.1 Å². The summed E-state index contributed by atoms with van der Waals surface area (Å²) in [5, 5.41) is 7.73. The average molecular weight is 356 g/mol. The quantitative estimate of drug-likeness (QED) is 0.707. The Balaban J connectivity index is 1.52. The zero-order valence-corrected chi connectivity index (χ0v) is 14.3. The normalized spacial score (nSPS) is 10.4. The summed E-state index contributed by atoms with van der Waals surface area (Å²) in [4.78, 5) is 32.3. The molecule has 0 aromatic carbocycles. The van der Waals surface area contributed by atoms with Crippen LogP contribution >= 0.6 is 11.3 Å². The largest absolute Gasteiger partial charge is 0.469 e. The van der Waals surface area contributed by atoms with Crippen molar-refractivity contribution in [1.82, 2.24) is 15.3 Å². The molecule has 8 heteroatoms. The third-order valence-corrected chi connectivity index (χ3v) is 4.26. The highest BCUT2D eigenvalue weighted by atomic mass is 32.1. The highest BCUT2D eigenvalue weighted by molar-refractivity contribution is 7.14. The smallest absolute Gasteiger partial charge is 0.260 e. The molecule has 3 heterocycles. The maximum Gasteiger partial charge on any atom is 0.260 e. The molecule has 7 nitrogen and oxygen atoms in total. The van der Waals surface area contributed by atoms with Crippen LogP contribution in [0.1, 0.15) is 27.4 Å². The molecule has 2 amide bonds. The lowest BCUT2D eigenvalue weighted by Gasteiger charge is -2.03. The van der Waals surface area contributed by atoms with Crippen molar-refractivity contribution in [1.29, 1.82) is 0 Å². The van der Waals surface area contributed by atoms with Crippen LogP contribution in [0.15, 0.2) is 46.7 Å². The van der Waals surface area contributed by atoms with Gasteiger partial charge in [0.2, 0.25) is 5.91 Å². The van der Waals surface area contributed by atoms with Crippen LogP contribution in [0.3, 0.4) is 0 Å². The summed E-state index contributed by atoms with van der Waals surface area (Å²) in [6.07, 6.45) is 4.98. The van der Waals surface area contributed by atoms with E-state index in [-0.39, 0.29) is 18.2 Å². The minimum Gasteiger partial charge on any atom is -0.469 e. The van der Waals surface area contributed by atoms with E-state index in [1.165, 1.54) is 17.6 Å². The SMILES string of the molecule is Cc1occc1C(=O)Nc1nc(CC(=O)NCc2ccncc2)cs1. The van der Waals surface area contributed by atoms with E-state index in [2.05, 4.69) is 20.6 Å². The first kappa shape index (κ1) is 16.8. The van der Waals surface area contributed by atoms with Gasteiger partial charge in [-0.25, -0.2) is 4.98 Å². The highest BCUT2D eigenvalue weighted by Gasteiger charge is 2.14. The molecule has 3 aromatic rings.